The molecule has 0 radical (unpaired) electrons. The van der Waals surface area contributed by atoms with Crippen molar-refractivity contribution in [3.8, 4) is 28.4 Å². The summed E-state index contributed by atoms with van der Waals surface area (Å²) in [6.45, 7) is 2.69. The molecular formula is C31H34ClN5O6S. The van der Waals surface area contributed by atoms with Crippen molar-refractivity contribution in [3.63, 3.8) is 0 Å². The normalized spacial score (nSPS) is 14.0. The van der Waals surface area contributed by atoms with Crippen molar-refractivity contribution in [1.82, 2.24) is 18.8 Å². The van der Waals surface area contributed by atoms with E-state index >= 15 is 0 Å². The van der Waals surface area contributed by atoms with E-state index in [0.29, 0.717) is 55.1 Å². The van der Waals surface area contributed by atoms with Crippen molar-refractivity contribution in [3.05, 3.63) is 84.0 Å². The lowest BCUT2D eigenvalue weighted by Crippen LogP contribution is -2.45. The Bertz CT molecular complexity index is 1660. The number of aromatic nitrogens is 2. The number of carbonyl (C=O) groups excluding carboxylic acids is 1. The lowest BCUT2D eigenvalue weighted by atomic mass is 10.2. The summed E-state index contributed by atoms with van der Waals surface area (Å²) in [6, 6.07) is 20.6. The molecule has 1 aliphatic rings. The van der Waals surface area contributed by atoms with Crippen LogP contribution in [0.25, 0.3) is 16.9 Å². The number of carbonyl (C=O) groups is 1. The number of amides is 1. The molecule has 1 fully saturated rings. The fraction of sp³-hybridized carbons (Fsp3) is 0.290. The molecule has 1 N–H and O–H groups in total. The van der Waals surface area contributed by atoms with E-state index in [9.17, 15) is 13.2 Å². The number of sulfonamides is 1. The van der Waals surface area contributed by atoms with E-state index in [4.69, 9.17) is 25.8 Å². The molecule has 0 saturated carbocycles. The summed E-state index contributed by atoms with van der Waals surface area (Å²) >= 11 is 6.09. The van der Waals surface area contributed by atoms with Gasteiger partial charge >= 0.3 is 0 Å². The second-order valence-corrected chi connectivity index (χ2v) is 12.4. The molecule has 1 aliphatic heterocycles. The Morgan fingerprint density at radius 2 is 1.57 bits per heavy atom. The van der Waals surface area contributed by atoms with Crippen LogP contribution in [-0.2, 0) is 19.6 Å². The minimum Gasteiger partial charge on any atom is -0.497 e. The van der Waals surface area contributed by atoms with Gasteiger partial charge in [-0.3, -0.25) is 19.6 Å². The molecule has 4 aromatic rings. The van der Waals surface area contributed by atoms with Gasteiger partial charge < -0.3 is 14.2 Å². The number of morpholine rings is 1. The van der Waals surface area contributed by atoms with E-state index in [1.165, 1.54) is 23.5 Å². The summed E-state index contributed by atoms with van der Waals surface area (Å²) < 4.78 is 46.4. The fourth-order valence-corrected chi connectivity index (χ4v) is 6.26. The Labute approximate surface area is 262 Å². The predicted molar refractivity (Wildman–Crippen MR) is 168 cm³/mol. The highest BCUT2D eigenvalue weighted by Crippen LogP contribution is 2.27. The molecule has 0 unspecified atom stereocenters. The van der Waals surface area contributed by atoms with Gasteiger partial charge in [-0.1, -0.05) is 23.7 Å². The maximum atomic E-state index is 13.8. The van der Waals surface area contributed by atoms with E-state index in [-0.39, 0.29) is 17.4 Å². The molecule has 0 bridgehead atoms. The molecular weight excluding hydrogens is 606 g/mol. The summed E-state index contributed by atoms with van der Waals surface area (Å²) in [5.41, 5.74) is 2.12. The van der Waals surface area contributed by atoms with Crippen LogP contribution in [-0.4, -0.2) is 93.2 Å². The number of rotatable bonds is 12. The number of benzene rings is 3. The molecule has 3 aromatic carbocycles. The second kappa shape index (κ2) is 14.2. The van der Waals surface area contributed by atoms with Gasteiger partial charge in [0.05, 0.1) is 44.6 Å². The first kappa shape index (κ1) is 31.5. The van der Waals surface area contributed by atoms with Crippen LogP contribution in [0.1, 0.15) is 0 Å². The Morgan fingerprint density at radius 3 is 2.18 bits per heavy atom. The number of methoxy groups -OCH3 is 2. The maximum Gasteiger partial charge on any atom is 0.243 e. The third kappa shape index (κ3) is 7.58. The van der Waals surface area contributed by atoms with Crippen molar-refractivity contribution in [1.29, 1.82) is 0 Å². The largest absolute Gasteiger partial charge is 0.497 e. The second-order valence-electron chi connectivity index (χ2n) is 10.0. The number of hydrogen-bond donors (Lipinski definition) is 1. The highest BCUT2D eigenvalue weighted by atomic mass is 35.5. The van der Waals surface area contributed by atoms with Crippen LogP contribution in [0.4, 0.5) is 5.95 Å². The number of nitrogens with one attached hydrogen (secondary N) is 1. The van der Waals surface area contributed by atoms with Gasteiger partial charge in [-0.05, 0) is 60.7 Å². The van der Waals surface area contributed by atoms with Crippen LogP contribution in [0.15, 0.2) is 83.9 Å². The number of nitrogens with zero attached hydrogens (tertiary/aromatic N) is 4. The zero-order valence-electron chi connectivity index (χ0n) is 24.5. The quantitative estimate of drug-likeness (QED) is 0.246. The van der Waals surface area contributed by atoms with Gasteiger partial charge in [-0.15, -0.1) is 0 Å². The van der Waals surface area contributed by atoms with Crippen LogP contribution in [0.2, 0.25) is 5.02 Å². The summed E-state index contributed by atoms with van der Waals surface area (Å²) in [5, 5.41) is 3.44. The third-order valence-electron chi connectivity index (χ3n) is 7.23. The molecule has 1 aromatic heterocycles. The monoisotopic (exact) mass is 639 g/mol. The van der Waals surface area contributed by atoms with E-state index in [2.05, 4.69) is 15.2 Å². The molecule has 1 amide bonds. The van der Waals surface area contributed by atoms with Crippen LogP contribution < -0.4 is 14.8 Å². The molecule has 11 nitrogen and oxygen atoms in total. The smallest absolute Gasteiger partial charge is 0.243 e. The molecule has 0 spiro atoms. The standard InChI is InChI=1S/C31H34ClN5O6S/c1-41-26-9-7-25(8-10-26)37-21-29(23-3-5-24(32)6-4-23)33-31(37)34-30(38)22-36(16-15-35-17-19-43-20-18-35)44(39,40)28-13-11-27(42-2)12-14-28/h3-14,21H,15-20,22H2,1-2H3,(H,33,34,38). The Kier molecular flexibility index (Phi) is 10.2. The SMILES string of the molecule is COc1ccc(-n2cc(-c3ccc(Cl)cc3)nc2NC(=O)CN(CCN2CCOCC2)S(=O)(=O)c2ccc(OC)cc2)cc1. The van der Waals surface area contributed by atoms with Crippen LogP contribution in [0, 0.1) is 0 Å². The van der Waals surface area contributed by atoms with Crippen LogP contribution in [0.3, 0.4) is 0 Å². The molecule has 2 heterocycles. The Balaban J connectivity index is 1.42. The third-order valence-corrected chi connectivity index (χ3v) is 9.35. The minimum absolute atomic E-state index is 0.0674. The van der Waals surface area contributed by atoms with E-state index in [1.54, 1.807) is 54.3 Å². The predicted octanol–water partition coefficient (Wildman–Crippen LogP) is 4.17. The van der Waals surface area contributed by atoms with Crippen molar-refractivity contribution in [2.24, 2.45) is 0 Å². The maximum absolute atomic E-state index is 13.8. The summed E-state index contributed by atoms with van der Waals surface area (Å²) in [6.07, 6.45) is 1.80. The van der Waals surface area contributed by atoms with E-state index < -0.39 is 22.5 Å². The number of anilines is 1. The molecule has 0 atom stereocenters. The fourth-order valence-electron chi connectivity index (χ4n) is 4.75. The Morgan fingerprint density at radius 1 is 0.955 bits per heavy atom. The van der Waals surface area contributed by atoms with Gasteiger partial charge in [0.2, 0.25) is 21.9 Å². The summed E-state index contributed by atoms with van der Waals surface area (Å²) in [7, 11) is -0.925. The highest BCUT2D eigenvalue weighted by Gasteiger charge is 2.28. The minimum atomic E-state index is -4.02. The first-order valence-electron chi connectivity index (χ1n) is 14.0. The van der Waals surface area contributed by atoms with Crippen molar-refractivity contribution >= 4 is 33.5 Å². The van der Waals surface area contributed by atoms with Crippen LogP contribution >= 0.6 is 11.6 Å². The van der Waals surface area contributed by atoms with Gasteiger partial charge in [0.25, 0.3) is 0 Å². The van der Waals surface area contributed by atoms with Crippen molar-refractivity contribution < 1.29 is 27.4 Å². The van der Waals surface area contributed by atoms with Gasteiger partial charge in [-0.2, -0.15) is 4.31 Å². The van der Waals surface area contributed by atoms with Gasteiger partial charge in [-0.25, -0.2) is 13.4 Å². The number of imidazole rings is 1. The zero-order valence-corrected chi connectivity index (χ0v) is 26.1. The van der Waals surface area contributed by atoms with Crippen molar-refractivity contribution in [2.45, 2.75) is 4.90 Å². The van der Waals surface area contributed by atoms with Gasteiger partial charge in [0.15, 0.2) is 0 Å². The topological polar surface area (TPSA) is 115 Å². The van der Waals surface area contributed by atoms with Gasteiger partial charge in [0.1, 0.15) is 11.5 Å². The van der Waals surface area contributed by atoms with Gasteiger partial charge in [0, 0.05) is 48.6 Å². The van der Waals surface area contributed by atoms with Crippen LogP contribution in [0.5, 0.6) is 11.5 Å². The lowest BCUT2D eigenvalue weighted by Gasteiger charge is -2.29. The average Bonchev–Trinajstić information content (AvgIpc) is 3.47. The van der Waals surface area contributed by atoms with Crippen molar-refractivity contribution in [2.75, 3.05) is 65.5 Å². The summed E-state index contributed by atoms with van der Waals surface area (Å²) in [5.74, 6) is 0.910. The lowest BCUT2D eigenvalue weighted by molar-refractivity contribution is -0.116. The number of hydrogen-bond acceptors (Lipinski definition) is 8. The zero-order chi connectivity index (χ0) is 31.1. The highest BCUT2D eigenvalue weighted by molar-refractivity contribution is 7.89. The molecule has 44 heavy (non-hydrogen) atoms. The summed E-state index contributed by atoms with van der Waals surface area (Å²) in [4.78, 5) is 20.4. The molecule has 232 valence electrons. The molecule has 0 aliphatic carbocycles. The number of halogens is 1. The first-order valence-corrected chi connectivity index (χ1v) is 15.8. The molecule has 1 saturated heterocycles. The average molecular weight is 640 g/mol. The van der Waals surface area contributed by atoms with E-state index in [0.717, 1.165) is 11.3 Å². The number of ether oxygens (including phenoxy) is 3. The first-order chi connectivity index (χ1) is 21.3. The molecule has 5 rings (SSSR count). The molecule has 13 heteroatoms. The van der Waals surface area contributed by atoms with E-state index in [1.807, 2.05) is 24.3 Å². The Hall–Kier alpha value is -3.94.